The summed E-state index contributed by atoms with van der Waals surface area (Å²) in [5.74, 6) is -0.833. The van der Waals surface area contributed by atoms with Crippen molar-refractivity contribution < 1.29 is 15.0 Å². The van der Waals surface area contributed by atoms with Crippen molar-refractivity contribution in [2.75, 3.05) is 13.6 Å². The topological polar surface area (TPSA) is 60.8 Å². The van der Waals surface area contributed by atoms with Gasteiger partial charge < -0.3 is 10.2 Å². The third-order valence-electron chi connectivity index (χ3n) is 1.76. The van der Waals surface area contributed by atoms with Crippen LogP contribution in [0.25, 0.3) is 0 Å². The summed E-state index contributed by atoms with van der Waals surface area (Å²) in [5, 5.41) is 17.7. The number of aliphatic hydroxyl groups is 1. The fourth-order valence-electron chi connectivity index (χ4n) is 1.22. The maximum atomic E-state index is 10.6. The first-order chi connectivity index (χ1) is 5.49. The standard InChI is InChI=1S/C8H17NO3/c1-4-7(8(11)12)9(3)5-6(2)10/h6-7,10H,4-5H2,1-3H3,(H,11,12). The number of hydrogen-bond donors (Lipinski definition) is 2. The fraction of sp³-hybridized carbons (Fsp3) is 0.875. The van der Waals surface area contributed by atoms with E-state index in [1.54, 1.807) is 18.9 Å². The summed E-state index contributed by atoms with van der Waals surface area (Å²) in [7, 11) is 1.70. The Hall–Kier alpha value is -0.610. The molecule has 0 aromatic heterocycles. The van der Waals surface area contributed by atoms with Gasteiger partial charge in [0.15, 0.2) is 0 Å². The van der Waals surface area contributed by atoms with Gasteiger partial charge in [0.05, 0.1) is 6.10 Å². The van der Waals surface area contributed by atoms with E-state index in [0.717, 1.165) is 0 Å². The number of carboxylic acid groups (broad SMARTS) is 1. The predicted octanol–water partition coefficient (Wildman–Crippen LogP) is 0.162. The number of aliphatic carboxylic acids is 1. The van der Waals surface area contributed by atoms with Crippen molar-refractivity contribution in [1.82, 2.24) is 4.90 Å². The van der Waals surface area contributed by atoms with Crippen LogP contribution in [0.3, 0.4) is 0 Å². The molecule has 0 rings (SSSR count). The van der Waals surface area contributed by atoms with E-state index in [4.69, 9.17) is 10.2 Å². The summed E-state index contributed by atoms with van der Waals surface area (Å²) in [6.45, 7) is 3.85. The second-order valence-corrected chi connectivity index (χ2v) is 3.05. The van der Waals surface area contributed by atoms with E-state index >= 15 is 0 Å². The summed E-state index contributed by atoms with van der Waals surface area (Å²) < 4.78 is 0. The molecule has 12 heavy (non-hydrogen) atoms. The maximum Gasteiger partial charge on any atom is 0.320 e. The average molecular weight is 175 g/mol. The molecular weight excluding hydrogens is 158 g/mol. The summed E-state index contributed by atoms with van der Waals surface area (Å²) in [4.78, 5) is 12.3. The van der Waals surface area contributed by atoms with Crippen LogP contribution in [0.1, 0.15) is 20.3 Å². The Morgan fingerprint density at radius 2 is 2.08 bits per heavy atom. The third-order valence-corrected chi connectivity index (χ3v) is 1.76. The zero-order valence-corrected chi connectivity index (χ0v) is 7.82. The molecule has 0 fully saturated rings. The van der Waals surface area contributed by atoms with Gasteiger partial charge in [-0.05, 0) is 20.4 Å². The Bertz CT molecular complexity index is 147. The number of nitrogens with zero attached hydrogens (tertiary/aromatic N) is 1. The number of likely N-dealkylation sites (N-methyl/N-ethyl adjacent to an activating group) is 1. The van der Waals surface area contributed by atoms with Crippen molar-refractivity contribution in [3.63, 3.8) is 0 Å². The van der Waals surface area contributed by atoms with Crippen LogP contribution < -0.4 is 0 Å². The molecule has 0 amide bonds. The van der Waals surface area contributed by atoms with Crippen LogP contribution in [0, 0.1) is 0 Å². The summed E-state index contributed by atoms with van der Waals surface area (Å²) in [5.41, 5.74) is 0. The van der Waals surface area contributed by atoms with Crippen LogP contribution >= 0.6 is 0 Å². The quantitative estimate of drug-likeness (QED) is 0.625. The van der Waals surface area contributed by atoms with E-state index in [-0.39, 0.29) is 0 Å². The number of hydrogen-bond acceptors (Lipinski definition) is 3. The van der Waals surface area contributed by atoms with Crippen LogP contribution in [0.5, 0.6) is 0 Å². The van der Waals surface area contributed by atoms with Gasteiger partial charge in [-0.25, -0.2) is 0 Å². The van der Waals surface area contributed by atoms with E-state index in [1.807, 2.05) is 6.92 Å². The molecule has 2 atom stereocenters. The normalized spacial score (nSPS) is 16.1. The number of carboxylic acids is 1. The van der Waals surface area contributed by atoms with Gasteiger partial charge in [0, 0.05) is 6.54 Å². The summed E-state index contributed by atoms with van der Waals surface area (Å²) in [6.07, 6.45) is 0.0712. The van der Waals surface area contributed by atoms with Gasteiger partial charge in [-0.2, -0.15) is 0 Å². The van der Waals surface area contributed by atoms with Gasteiger partial charge in [-0.1, -0.05) is 6.92 Å². The minimum absolute atomic E-state index is 0.394. The SMILES string of the molecule is CCC(C(=O)O)N(C)CC(C)O. The molecule has 2 unspecified atom stereocenters. The van der Waals surface area contributed by atoms with Gasteiger partial charge >= 0.3 is 5.97 Å². The first kappa shape index (κ1) is 11.4. The molecule has 0 aliphatic rings. The molecule has 4 nitrogen and oxygen atoms in total. The van der Waals surface area contributed by atoms with Gasteiger partial charge in [-0.3, -0.25) is 9.69 Å². The van der Waals surface area contributed by atoms with Gasteiger partial charge in [0.1, 0.15) is 6.04 Å². The zero-order chi connectivity index (χ0) is 9.72. The Labute approximate surface area is 72.8 Å². The smallest absolute Gasteiger partial charge is 0.320 e. The highest BCUT2D eigenvalue weighted by Crippen LogP contribution is 2.02. The Balaban J connectivity index is 4.02. The number of aliphatic hydroxyl groups excluding tert-OH is 1. The van der Waals surface area contributed by atoms with Crippen LogP contribution in [0.2, 0.25) is 0 Å². The zero-order valence-electron chi connectivity index (χ0n) is 7.82. The fourth-order valence-corrected chi connectivity index (χ4v) is 1.22. The second-order valence-electron chi connectivity index (χ2n) is 3.05. The van der Waals surface area contributed by atoms with Gasteiger partial charge in [-0.15, -0.1) is 0 Å². The molecule has 0 spiro atoms. The lowest BCUT2D eigenvalue weighted by Gasteiger charge is -2.24. The Kier molecular flexibility index (Phi) is 4.85. The van der Waals surface area contributed by atoms with Crippen molar-refractivity contribution in [3.05, 3.63) is 0 Å². The lowest BCUT2D eigenvalue weighted by molar-refractivity contribution is -0.143. The maximum absolute atomic E-state index is 10.6. The van der Waals surface area contributed by atoms with Crippen LogP contribution in [0.4, 0.5) is 0 Å². The highest BCUT2D eigenvalue weighted by atomic mass is 16.4. The minimum atomic E-state index is -0.833. The predicted molar refractivity (Wildman–Crippen MR) is 46.0 cm³/mol. The van der Waals surface area contributed by atoms with E-state index in [2.05, 4.69) is 0 Å². The molecule has 2 N–H and O–H groups in total. The van der Waals surface area contributed by atoms with Crippen molar-refractivity contribution in [2.45, 2.75) is 32.4 Å². The van der Waals surface area contributed by atoms with Gasteiger partial charge in [0.2, 0.25) is 0 Å². The second kappa shape index (κ2) is 5.11. The Morgan fingerprint density at radius 3 is 2.33 bits per heavy atom. The van der Waals surface area contributed by atoms with Crippen LogP contribution in [-0.4, -0.2) is 46.8 Å². The summed E-state index contributed by atoms with van der Waals surface area (Å²) >= 11 is 0. The van der Waals surface area contributed by atoms with Crippen molar-refractivity contribution in [1.29, 1.82) is 0 Å². The highest BCUT2D eigenvalue weighted by Gasteiger charge is 2.20. The molecule has 0 bridgehead atoms. The lowest BCUT2D eigenvalue weighted by Crippen LogP contribution is -2.41. The van der Waals surface area contributed by atoms with E-state index in [0.29, 0.717) is 13.0 Å². The first-order valence-corrected chi connectivity index (χ1v) is 4.10. The number of carbonyl (C=O) groups is 1. The van der Waals surface area contributed by atoms with Crippen molar-refractivity contribution >= 4 is 5.97 Å². The number of rotatable bonds is 5. The molecule has 0 aromatic carbocycles. The van der Waals surface area contributed by atoms with Crippen LogP contribution in [0.15, 0.2) is 0 Å². The molecule has 0 radical (unpaired) electrons. The molecule has 0 aliphatic carbocycles. The first-order valence-electron chi connectivity index (χ1n) is 4.10. The van der Waals surface area contributed by atoms with Crippen molar-refractivity contribution in [3.8, 4) is 0 Å². The van der Waals surface area contributed by atoms with E-state index in [1.165, 1.54) is 0 Å². The third kappa shape index (κ3) is 3.69. The molecule has 0 saturated carbocycles. The molecule has 72 valence electrons. The molecule has 0 saturated heterocycles. The van der Waals surface area contributed by atoms with Crippen molar-refractivity contribution in [2.24, 2.45) is 0 Å². The van der Waals surface area contributed by atoms with E-state index in [9.17, 15) is 4.79 Å². The monoisotopic (exact) mass is 175 g/mol. The molecule has 0 heterocycles. The molecule has 4 heteroatoms. The van der Waals surface area contributed by atoms with Crippen LogP contribution in [-0.2, 0) is 4.79 Å². The lowest BCUT2D eigenvalue weighted by atomic mass is 10.2. The average Bonchev–Trinajstić information content (AvgIpc) is 1.85. The molecule has 0 aromatic rings. The highest BCUT2D eigenvalue weighted by molar-refractivity contribution is 5.73. The largest absolute Gasteiger partial charge is 0.480 e. The van der Waals surface area contributed by atoms with E-state index < -0.39 is 18.1 Å². The summed E-state index contributed by atoms with van der Waals surface area (Å²) in [6, 6.07) is -0.486. The Morgan fingerprint density at radius 1 is 1.58 bits per heavy atom. The molecular formula is C8H17NO3. The molecule has 0 aliphatic heterocycles. The minimum Gasteiger partial charge on any atom is -0.480 e. The van der Waals surface area contributed by atoms with Gasteiger partial charge in [0.25, 0.3) is 0 Å².